The predicted octanol–water partition coefficient (Wildman–Crippen LogP) is 1.33. The number of hydrogen-bond acceptors (Lipinski definition) is 5. The summed E-state index contributed by atoms with van der Waals surface area (Å²) < 4.78 is 28.2. The van der Waals surface area contributed by atoms with Crippen molar-refractivity contribution in [2.45, 2.75) is 25.2 Å². The number of hydrogen-bond donors (Lipinski definition) is 1. The van der Waals surface area contributed by atoms with Gasteiger partial charge in [0.25, 0.3) is 0 Å². The van der Waals surface area contributed by atoms with Crippen LogP contribution in [0.15, 0.2) is 47.5 Å². The number of nitrogens with one attached hydrogen (secondary N) is 1. The molecule has 1 N–H and O–H groups in total. The normalized spacial score (nSPS) is 11.9. The zero-order chi connectivity index (χ0) is 20.3. The number of sulfonamides is 1. The highest BCUT2D eigenvalue weighted by Crippen LogP contribution is 2.18. The van der Waals surface area contributed by atoms with Crippen molar-refractivity contribution in [1.82, 2.24) is 24.2 Å². The summed E-state index contributed by atoms with van der Waals surface area (Å²) in [5.41, 5.74) is 2.64. The topological polar surface area (TPSA) is 96.7 Å². The molecule has 0 bridgehead atoms. The van der Waals surface area contributed by atoms with Crippen molar-refractivity contribution in [3.8, 4) is 0 Å². The summed E-state index contributed by atoms with van der Waals surface area (Å²) in [4.78, 5) is 12.4. The SMILES string of the molecule is Cc1ccc(S(=O)(=O)N(C)CC(=O)NCCc2nnc3ccccn23)cc1C. The van der Waals surface area contributed by atoms with Gasteiger partial charge in [0.1, 0.15) is 5.82 Å². The van der Waals surface area contributed by atoms with Crippen molar-refractivity contribution in [2.75, 3.05) is 20.1 Å². The van der Waals surface area contributed by atoms with Gasteiger partial charge < -0.3 is 5.32 Å². The van der Waals surface area contributed by atoms with Crippen LogP contribution in [0.4, 0.5) is 0 Å². The smallest absolute Gasteiger partial charge is 0.243 e. The van der Waals surface area contributed by atoms with Crippen LogP contribution in [0.5, 0.6) is 0 Å². The Morgan fingerprint density at radius 3 is 2.68 bits per heavy atom. The molecule has 28 heavy (non-hydrogen) atoms. The zero-order valence-corrected chi connectivity index (χ0v) is 16.9. The molecule has 0 atom stereocenters. The average Bonchev–Trinajstić information content (AvgIpc) is 3.07. The third-order valence-electron chi connectivity index (χ3n) is 4.61. The Morgan fingerprint density at radius 1 is 1.14 bits per heavy atom. The molecule has 0 spiro atoms. The summed E-state index contributed by atoms with van der Waals surface area (Å²) in [6.07, 6.45) is 2.35. The van der Waals surface area contributed by atoms with Crippen LogP contribution in [0.1, 0.15) is 17.0 Å². The molecule has 148 valence electrons. The Hall–Kier alpha value is -2.78. The van der Waals surface area contributed by atoms with Crippen molar-refractivity contribution < 1.29 is 13.2 Å². The fraction of sp³-hybridized carbons (Fsp3) is 0.316. The van der Waals surface area contributed by atoms with E-state index in [2.05, 4.69) is 15.5 Å². The van der Waals surface area contributed by atoms with E-state index in [-0.39, 0.29) is 17.3 Å². The Labute approximate surface area is 164 Å². The van der Waals surface area contributed by atoms with Crippen LogP contribution >= 0.6 is 0 Å². The quantitative estimate of drug-likeness (QED) is 0.644. The first-order valence-electron chi connectivity index (χ1n) is 8.88. The third-order valence-corrected chi connectivity index (χ3v) is 6.41. The Morgan fingerprint density at radius 2 is 1.93 bits per heavy atom. The van der Waals surface area contributed by atoms with E-state index < -0.39 is 10.0 Å². The van der Waals surface area contributed by atoms with Crippen LogP contribution in [0.25, 0.3) is 5.65 Å². The van der Waals surface area contributed by atoms with Gasteiger partial charge in [0, 0.05) is 26.2 Å². The lowest BCUT2D eigenvalue weighted by atomic mass is 10.1. The molecule has 8 nitrogen and oxygen atoms in total. The van der Waals surface area contributed by atoms with E-state index in [1.165, 1.54) is 7.05 Å². The van der Waals surface area contributed by atoms with Crippen LogP contribution in [0, 0.1) is 13.8 Å². The van der Waals surface area contributed by atoms with Gasteiger partial charge in [0.05, 0.1) is 11.4 Å². The molecule has 0 unspecified atom stereocenters. The van der Waals surface area contributed by atoms with Gasteiger partial charge in [-0.2, -0.15) is 4.31 Å². The molecule has 1 amide bonds. The van der Waals surface area contributed by atoms with E-state index in [4.69, 9.17) is 0 Å². The van der Waals surface area contributed by atoms with Crippen molar-refractivity contribution in [3.05, 3.63) is 59.5 Å². The standard InChI is InChI=1S/C19H23N5O3S/c1-14-7-8-16(12-15(14)2)28(26,27)23(3)13-19(25)20-10-9-18-22-21-17-6-4-5-11-24(17)18/h4-8,11-12H,9-10,13H2,1-3H3,(H,20,25). The van der Waals surface area contributed by atoms with Gasteiger partial charge in [0.2, 0.25) is 15.9 Å². The van der Waals surface area contributed by atoms with Crippen molar-refractivity contribution in [1.29, 1.82) is 0 Å². The van der Waals surface area contributed by atoms with E-state index in [1.54, 1.807) is 18.2 Å². The number of pyridine rings is 1. The number of rotatable bonds is 7. The average molecular weight is 401 g/mol. The maximum atomic E-state index is 12.7. The Bertz CT molecular complexity index is 1110. The number of amides is 1. The fourth-order valence-corrected chi connectivity index (χ4v) is 3.99. The highest BCUT2D eigenvalue weighted by Gasteiger charge is 2.23. The number of nitrogens with zero attached hydrogens (tertiary/aromatic N) is 4. The van der Waals surface area contributed by atoms with Crippen molar-refractivity contribution in [3.63, 3.8) is 0 Å². The molecule has 3 aromatic rings. The highest BCUT2D eigenvalue weighted by molar-refractivity contribution is 7.89. The maximum absolute atomic E-state index is 12.7. The van der Waals surface area contributed by atoms with Crippen LogP contribution < -0.4 is 5.32 Å². The number of aryl methyl sites for hydroxylation is 2. The summed E-state index contributed by atoms with van der Waals surface area (Å²) in [5, 5.41) is 10.9. The fourth-order valence-electron chi connectivity index (χ4n) is 2.77. The van der Waals surface area contributed by atoms with Crippen molar-refractivity contribution >= 4 is 21.6 Å². The van der Waals surface area contributed by atoms with Gasteiger partial charge >= 0.3 is 0 Å². The second kappa shape index (κ2) is 8.07. The first kappa shape index (κ1) is 20.0. The van der Waals surface area contributed by atoms with Gasteiger partial charge in [-0.1, -0.05) is 12.1 Å². The Balaban J connectivity index is 1.57. The summed E-state index contributed by atoms with van der Waals surface area (Å²) >= 11 is 0. The van der Waals surface area contributed by atoms with Gasteiger partial charge in [-0.3, -0.25) is 9.20 Å². The lowest BCUT2D eigenvalue weighted by Gasteiger charge is -2.17. The monoisotopic (exact) mass is 401 g/mol. The van der Waals surface area contributed by atoms with Crippen LogP contribution in [0.2, 0.25) is 0 Å². The summed E-state index contributed by atoms with van der Waals surface area (Å²) in [6.45, 7) is 3.86. The molecule has 0 saturated carbocycles. The molecule has 0 radical (unpaired) electrons. The second-order valence-corrected chi connectivity index (χ2v) is 8.70. The number of carbonyl (C=O) groups excluding carboxylic acids is 1. The number of fused-ring (bicyclic) bond motifs is 1. The first-order valence-corrected chi connectivity index (χ1v) is 10.3. The largest absolute Gasteiger partial charge is 0.355 e. The summed E-state index contributed by atoms with van der Waals surface area (Å²) in [7, 11) is -2.33. The molecule has 0 aliphatic carbocycles. The highest BCUT2D eigenvalue weighted by atomic mass is 32.2. The van der Waals surface area contributed by atoms with Crippen molar-refractivity contribution in [2.24, 2.45) is 0 Å². The number of aromatic nitrogens is 3. The zero-order valence-electron chi connectivity index (χ0n) is 16.1. The van der Waals surface area contributed by atoms with Crippen LogP contribution in [-0.4, -0.2) is 53.4 Å². The van der Waals surface area contributed by atoms with Crippen LogP contribution in [0.3, 0.4) is 0 Å². The predicted molar refractivity (Wildman–Crippen MR) is 105 cm³/mol. The molecule has 1 aromatic carbocycles. The molecule has 3 rings (SSSR count). The van der Waals surface area contributed by atoms with Gasteiger partial charge in [-0.15, -0.1) is 10.2 Å². The molecule has 2 heterocycles. The molecular weight excluding hydrogens is 378 g/mol. The second-order valence-electron chi connectivity index (χ2n) is 6.65. The Kier molecular flexibility index (Phi) is 5.76. The minimum absolute atomic E-state index is 0.181. The molecule has 9 heteroatoms. The first-order chi connectivity index (χ1) is 13.3. The molecule has 0 aliphatic heterocycles. The van der Waals surface area contributed by atoms with Gasteiger partial charge in [0.15, 0.2) is 5.65 Å². The van der Waals surface area contributed by atoms with Gasteiger partial charge in [-0.05, 0) is 49.2 Å². The van der Waals surface area contributed by atoms with E-state index in [0.29, 0.717) is 13.0 Å². The summed E-state index contributed by atoms with van der Waals surface area (Å²) in [5.74, 6) is 0.357. The maximum Gasteiger partial charge on any atom is 0.243 e. The van der Waals surface area contributed by atoms with E-state index >= 15 is 0 Å². The molecule has 0 aliphatic rings. The van der Waals surface area contributed by atoms with E-state index in [0.717, 1.165) is 26.9 Å². The molecule has 0 fully saturated rings. The third kappa shape index (κ3) is 4.20. The lowest BCUT2D eigenvalue weighted by Crippen LogP contribution is -2.39. The summed E-state index contributed by atoms with van der Waals surface area (Å²) in [6, 6.07) is 10.5. The number of carbonyl (C=O) groups is 1. The van der Waals surface area contributed by atoms with E-state index in [1.807, 2.05) is 42.6 Å². The minimum atomic E-state index is -3.72. The number of benzene rings is 1. The molecule has 0 saturated heterocycles. The lowest BCUT2D eigenvalue weighted by molar-refractivity contribution is -0.121. The molecular formula is C19H23N5O3S. The van der Waals surface area contributed by atoms with Crippen LogP contribution in [-0.2, 0) is 21.2 Å². The van der Waals surface area contributed by atoms with E-state index in [9.17, 15) is 13.2 Å². The van der Waals surface area contributed by atoms with Gasteiger partial charge in [-0.25, -0.2) is 8.42 Å². The molecule has 2 aromatic heterocycles. The minimum Gasteiger partial charge on any atom is -0.355 e. The number of likely N-dealkylation sites (N-methyl/N-ethyl adjacent to an activating group) is 1.